The fraction of sp³-hybridized carbons (Fsp3) is 0. The van der Waals surface area contributed by atoms with Gasteiger partial charge in [-0.3, -0.25) is 0 Å². The van der Waals surface area contributed by atoms with Crippen LogP contribution in [-0.4, -0.2) is 40.4 Å². The zero-order valence-electron chi connectivity index (χ0n) is 1.42. The molecule has 1 radical (unpaired) electrons. The van der Waals surface area contributed by atoms with Crippen LogP contribution in [0.15, 0.2) is 0 Å². The average Bonchev–Trinajstić information content (AvgIpc) is 0. The molecule has 0 fully saturated rings. The van der Waals surface area contributed by atoms with Crippen LogP contribution in [-0.2, 0) is 53.9 Å². The van der Waals surface area contributed by atoms with E-state index in [2.05, 4.69) is 0 Å². The summed E-state index contributed by atoms with van der Waals surface area (Å²) in [4.78, 5) is 0. The van der Waals surface area contributed by atoms with E-state index in [0.29, 0.717) is 0 Å². The normalized spacial score (nSPS) is 0. The van der Waals surface area contributed by atoms with E-state index in [1.807, 2.05) is 0 Å². The van der Waals surface area contributed by atoms with Gasteiger partial charge in [-0.25, -0.2) is 0 Å². The summed E-state index contributed by atoms with van der Waals surface area (Å²) in [6.07, 6.45) is 0. The second kappa shape index (κ2) is 28.1. The predicted octanol–water partition coefficient (Wildman–Crippen LogP) is -2.11. The Morgan fingerprint density at radius 3 is 1.00 bits per heavy atom. The van der Waals surface area contributed by atoms with Crippen LogP contribution >= 0.6 is 0 Å². The molecular weight excluding hydrogens is 232 g/mol. The third-order valence-electron chi connectivity index (χ3n) is 0. The van der Waals surface area contributed by atoms with Crippen molar-refractivity contribution in [3.05, 3.63) is 0 Å². The topological polar surface area (TPSA) is 0 Å². The molecule has 0 spiro atoms. The minimum atomic E-state index is 0. The van der Waals surface area contributed by atoms with Crippen LogP contribution in [0.2, 0.25) is 0 Å². The van der Waals surface area contributed by atoms with Gasteiger partial charge in [0.1, 0.15) is 0 Å². The van der Waals surface area contributed by atoms with Crippen LogP contribution in [0.3, 0.4) is 0 Å². The third-order valence-corrected chi connectivity index (χ3v) is 0. The Labute approximate surface area is 92.9 Å². The van der Waals surface area contributed by atoms with Gasteiger partial charge in [-0.1, -0.05) is 0 Å². The molecule has 0 aromatic rings. The Morgan fingerprint density at radius 1 is 1.00 bits per heavy atom. The average molecular weight is 237 g/mol. The fourth-order valence-electron chi connectivity index (χ4n) is 0. The Hall–Kier alpha value is 2.97. The van der Waals surface area contributed by atoms with Crippen molar-refractivity contribution in [2.24, 2.45) is 0 Å². The maximum absolute atomic E-state index is 0. The molecule has 5 heavy (non-hydrogen) atoms. The second-order valence-electron chi connectivity index (χ2n) is 0. The van der Waals surface area contributed by atoms with E-state index >= 15 is 0 Å². The minimum absolute atomic E-state index is 0. The molecule has 0 aromatic heterocycles. The summed E-state index contributed by atoms with van der Waals surface area (Å²) in [5, 5.41) is 0. The zero-order valence-corrected chi connectivity index (χ0v) is 6.60. The monoisotopic (exact) mass is 235 g/mol. The largest absolute Gasteiger partial charge is 0.316 e. The van der Waals surface area contributed by atoms with Gasteiger partial charge in [0.25, 0.3) is 0 Å². The van der Waals surface area contributed by atoms with Gasteiger partial charge in [-0.2, -0.15) is 0 Å². The minimum Gasteiger partial charge on any atom is 0 e. The summed E-state index contributed by atoms with van der Waals surface area (Å²) in [6.45, 7) is 0. The summed E-state index contributed by atoms with van der Waals surface area (Å²) >= 11 is 0. The molecule has 0 aliphatic rings. The first-order valence-electron chi connectivity index (χ1n) is 0. The van der Waals surface area contributed by atoms with Gasteiger partial charge in [0.15, 0.2) is 17.4 Å². The molecule has 0 amide bonds. The van der Waals surface area contributed by atoms with E-state index in [0.717, 1.165) is 0 Å². The van der Waals surface area contributed by atoms with Crippen LogP contribution in [0, 0.1) is 0 Å². The standard InChI is InChI=1S/Al.Cr.Cu.Mg.Zn.5H. The van der Waals surface area contributed by atoms with E-state index in [4.69, 9.17) is 0 Å². The van der Waals surface area contributed by atoms with E-state index in [1.165, 1.54) is 0 Å². The molecular formula is H5AlCrCuMgZn. The molecule has 0 heterocycles. The molecule has 0 N–H and O–H groups in total. The summed E-state index contributed by atoms with van der Waals surface area (Å²) in [6, 6.07) is 0. The Kier molecular flexibility index (Phi) is 247. The Bertz CT molecular complexity index is 11.6. The van der Waals surface area contributed by atoms with Crippen molar-refractivity contribution in [1.82, 2.24) is 0 Å². The first-order chi connectivity index (χ1) is 0. The summed E-state index contributed by atoms with van der Waals surface area (Å²) < 4.78 is 0. The predicted molar refractivity (Wildman–Crippen MR) is 18.5 cm³/mol. The molecule has 0 atom stereocenters. The molecule has 0 bridgehead atoms. The Morgan fingerprint density at radius 2 is 1.00 bits per heavy atom. The van der Waals surface area contributed by atoms with Crippen molar-refractivity contribution in [3.63, 3.8) is 0 Å². The summed E-state index contributed by atoms with van der Waals surface area (Å²) in [5.41, 5.74) is 0. The van der Waals surface area contributed by atoms with Crippen LogP contribution in [0.5, 0.6) is 0 Å². The molecule has 0 nitrogen and oxygen atoms in total. The number of hydrogen-bond acceptors (Lipinski definition) is 0. The van der Waals surface area contributed by atoms with E-state index in [-0.39, 0.29) is 94.3 Å². The molecule has 0 rings (SSSR count). The van der Waals surface area contributed by atoms with Crippen molar-refractivity contribution in [2.45, 2.75) is 0 Å². The van der Waals surface area contributed by atoms with Gasteiger partial charge in [-0.15, -0.1) is 0 Å². The summed E-state index contributed by atoms with van der Waals surface area (Å²) in [7, 11) is 0. The number of rotatable bonds is 0. The molecule has 0 saturated heterocycles. The molecule has 0 unspecified atom stereocenters. The van der Waals surface area contributed by atoms with Gasteiger partial charge in [-0.05, 0) is 0 Å². The number of hydrogen-bond donors (Lipinski definition) is 0. The van der Waals surface area contributed by atoms with Crippen LogP contribution in [0.4, 0.5) is 0 Å². The van der Waals surface area contributed by atoms with Crippen molar-refractivity contribution in [3.8, 4) is 0 Å². The van der Waals surface area contributed by atoms with Gasteiger partial charge in [0.05, 0.1) is 0 Å². The van der Waals surface area contributed by atoms with Gasteiger partial charge >= 0.3 is 23.1 Å². The first-order valence-corrected chi connectivity index (χ1v) is 0. The van der Waals surface area contributed by atoms with Crippen molar-refractivity contribution in [1.29, 1.82) is 0 Å². The SMILES string of the molecule is [AlH3].[Cr].[Cu].[MgH2].[Zn]. The molecule has 29 valence electrons. The van der Waals surface area contributed by atoms with E-state index < -0.39 is 0 Å². The van der Waals surface area contributed by atoms with Gasteiger partial charge in [0, 0.05) is 53.9 Å². The second-order valence-corrected chi connectivity index (χ2v) is 0. The zero-order chi connectivity index (χ0) is 0. The van der Waals surface area contributed by atoms with Crippen molar-refractivity contribution in [2.75, 3.05) is 0 Å². The quantitative estimate of drug-likeness (QED) is 0.423. The van der Waals surface area contributed by atoms with Gasteiger partial charge in [0.2, 0.25) is 0 Å². The van der Waals surface area contributed by atoms with E-state index in [1.54, 1.807) is 0 Å². The van der Waals surface area contributed by atoms with Crippen molar-refractivity contribution < 1.29 is 53.9 Å². The smallest absolute Gasteiger partial charge is 0 e. The third kappa shape index (κ3) is 19.5. The first kappa shape index (κ1) is 43.8. The van der Waals surface area contributed by atoms with Crippen molar-refractivity contribution >= 4 is 40.4 Å². The molecule has 5 heteroatoms. The molecule has 0 saturated carbocycles. The summed E-state index contributed by atoms with van der Waals surface area (Å²) in [5.74, 6) is 0. The maximum Gasteiger partial charge on any atom is 0.316 e. The van der Waals surface area contributed by atoms with Crippen LogP contribution in [0.1, 0.15) is 0 Å². The van der Waals surface area contributed by atoms with Crippen LogP contribution in [0.25, 0.3) is 0 Å². The molecule has 0 aromatic carbocycles. The molecule has 0 aliphatic carbocycles. The Balaban J connectivity index is 0. The van der Waals surface area contributed by atoms with E-state index in [9.17, 15) is 0 Å². The van der Waals surface area contributed by atoms with Gasteiger partial charge < -0.3 is 0 Å². The molecule has 0 aliphatic heterocycles. The fourth-order valence-corrected chi connectivity index (χ4v) is 0. The maximum atomic E-state index is 0. The van der Waals surface area contributed by atoms with Crippen LogP contribution < -0.4 is 0 Å².